The smallest absolute Gasteiger partial charge is 0.251 e. The van der Waals surface area contributed by atoms with Crippen molar-refractivity contribution in [1.82, 2.24) is 20.1 Å². The topological polar surface area (TPSA) is 107 Å². The highest BCUT2D eigenvalue weighted by Crippen LogP contribution is 2.28. The van der Waals surface area contributed by atoms with Crippen molar-refractivity contribution in [3.05, 3.63) is 57.3 Å². The fraction of sp³-hybridized carbons (Fsp3) is 0.304. The quantitative estimate of drug-likeness (QED) is 0.391. The van der Waals surface area contributed by atoms with Gasteiger partial charge in [0.1, 0.15) is 0 Å². The van der Waals surface area contributed by atoms with Gasteiger partial charge in [-0.05, 0) is 55.3 Å². The van der Waals surface area contributed by atoms with Gasteiger partial charge in [0.15, 0.2) is 22.5 Å². The van der Waals surface area contributed by atoms with Gasteiger partial charge in [0.05, 0.1) is 26.5 Å². The van der Waals surface area contributed by atoms with E-state index in [1.165, 1.54) is 26.0 Å². The second-order valence-electron chi connectivity index (χ2n) is 7.39. The van der Waals surface area contributed by atoms with E-state index >= 15 is 0 Å². The zero-order valence-corrected chi connectivity index (χ0v) is 22.0. The Labute approximate surface area is 210 Å². The SMILES string of the molecule is COc1ccc(C(=O)NCc2nnc(SCC(=O)Nc3ccc(Br)c(C)c3C)n2C)cc1OC. The summed E-state index contributed by atoms with van der Waals surface area (Å²) >= 11 is 4.77. The van der Waals surface area contributed by atoms with E-state index < -0.39 is 0 Å². The van der Waals surface area contributed by atoms with Crippen molar-refractivity contribution < 1.29 is 19.1 Å². The van der Waals surface area contributed by atoms with Crippen LogP contribution in [0.1, 0.15) is 27.3 Å². The number of amides is 2. The lowest BCUT2D eigenvalue weighted by atomic mass is 10.1. The Morgan fingerprint density at radius 2 is 1.79 bits per heavy atom. The van der Waals surface area contributed by atoms with Crippen LogP contribution in [0.5, 0.6) is 11.5 Å². The van der Waals surface area contributed by atoms with Gasteiger partial charge in [0, 0.05) is 22.8 Å². The molecule has 0 fully saturated rings. The van der Waals surface area contributed by atoms with E-state index in [-0.39, 0.29) is 24.1 Å². The minimum Gasteiger partial charge on any atom is -0.493 e. The number of aromatic nitrogens is 3. The molecule has 0 aliphatic rings. The molecule has 34 heavy (non-hydrogen) atoms. The van der Waals surface area contributed by atoms with Gasteiger partial charge in [-0.1, -0.05) is 27.7 Å². The Hall–Kier alpha value is -3.05. The normalized spacial score (nSPS) is 10.6. The number of hydrogen-bond acceptors (Lipinski definition) is 7. The van der Waals surface area contributed by atoms with Crippen LogP contribution in [0.15, 0.2) is 40.0 Å². The summed E-state index contributed by atoms with van der Waals surface area (Å²) in [5, 5.41) is 14.6. The van der Waals surface area contributed by atoms with E-state index in [1.807, 2.05) is 26.0 Å². The summed E-state index contributed by atoms with van der Waals surface area (Å²) < 4.78 is 13.2. The molecule has 1 heterocycles. The van der Waals surface area contributed by atoms with Crippen molar-refractivity contribution in [2.45, 2.75) is 25.5 Å². The third-order valence-electron chi connectivity index (χ3n) is 5.31. The van der Waals surface area contributed by atoms with Crippen LogP contribution in [0.2, 0.25) is 0 Å². The van der Waals surface area contributed by atoms with Crippen LogP contribution in [-0.2, 0) is 18.4 Å². The standard InChI is InChI=1S/C23H26BrN5O4S/c1-13-14(2)17(8-7-16(13)24)26-21(30)12-34-23-28-27-20(29(23)3)11-25-22(31)15-6-9-18(32-4)19(10-15)33-5/h6-10H,11-12H2,1-5H3,(H,25,31)(H,26,30). The number of anilines is 1. The number of halogens is 1. The highest BCUT2D eigenvalue weighted by molar-refractivity contribution is 9.10. The van der Waals surface area contributed by atoms with Crippen LogP contribution in [0, 0.1) is 13.8 Å². The molecule has 0 aliphatic carbocycles. The van der Waals surface area contributed by atoms with Crippen molar-refractivity contribution in [2.75, 3.05) is 25.3 Å². The van der Waals surface area contributed by atoms with E-state index in [4.69, 9.17) is 9.47 Å². The molecule has 0 radical (unpaired) electrons. The summed E-state index contributed by atoms with van der Waals surface area (Å²) in [4.78, 5) is 25.0. The van der Waals surface area contributed by atoms with Gasteiger partial charge in [0.25, 0.3) is 5.91 Å². The fourth-order valence-corrected chi connectivity index (χ4v) is 4.26. The van der Waals surface area contributed by atoms with E-state index in [0.717, 1.165) is 21.3 Å². The number of hydrogen-bond donors (Lipinski definition) is 2. The van der Waals surface area contributed by atoms with Gasteiger partial charge < -0.3 is 24.7 Å². The molecule has 180 valence electrons. The first kappa shape index (κ1) is 25.6. The van der Waals surface area contributed by atoms with Crippen molar-refractivity contribution in [3.63, 3.8) is 0 Å². The Kier molecular flexibility index (Phi) is 8.56. The average molecular weight is 548 g/mol. The highest BCUT2D eigenvalue weighted by Gasteiger charge is 2.15. The summed E-state index contributed by atoms with van der Waals surface area (Å²) in [6, 6.07) is 8.72. The average Bonchev–Trinajstić information content (AvgIpc) is 3.20. The second-order valence-corrected chi connectivity index (χ2v) is 9.19. The molecule has 3 aromatic rings. The lowest BCUT2D eigenvalue weighted by Gasteiger charge is -2.11. The number of carbonyl (C=O) groups excluding carboxylic acids is 2. The molecule has 2 amide bonds. The number of thioether (sulfide) groups is 1. The Bertz CT molecular complexity index is 1210. The van der Waals surface area contributed by atoms with E-state index in [1.54, 1.807) is 29.8 Å². The van der Waals surface area contributed by atoms with Crippen LogP contribution in [-0.4, -0.2) is 46.6 Å². The lowest BCUT2D eigenvalue weighted by molar-refractivity contribution is -0.113. The van der Waals surface area contributed by atoms with E-state index in [0.29, 0.717) is 28.0 Å². The first-order valence-electron chi connectivity index (χ1n) is 10.3. The zero-order chi connectivity index (χ0) is 24.8. The summed E-state index contributed by atoms with van der Waals surface area (Å²) in [5.41, 5.74) is 3.31. The first-order chi connectivity index (χ1) is 16.2. The molecule has 11 heteroatoms. The number of carbonyl (C=O) groups is 2. The van der Waals surface area contributed by atoms with Crippen molar-refractivity contribution >= 4 is 45.2 Å². The minimum absolute atomic E-state index is 0.138. The Morgan fingerprint density at radius 1 is 1.06 bits per heavy atom. The fourth-order valence-electron chi connectivity index (χ4n) is 3.10. The molecule has 3 rings (SSSR count). The number of rotatable bonds is 9. The van der Waals surface area contributed by atoms with Crippen molar-refractivity contribution in [2.24, 2.45) is 7.05 Å². The molecule has 0 atom stereocenters. The first-order valence-corrected chi connectivity index (χ1v) is 12.1. The van der Waals surface area contributed by atoms with Crippen LogP contribution >= 0.6 is 27.7 Å². The third kappa shape index (κ3) is 5.89. The molecule has 2 N–H and O–H groups in total. The molecule has 1 aromatic heterocycles. The summed E-state index contributed by atoms with van der Waals surface area (Å²) in [6.07, 6.45) is 0. The second kappa shape index (κ2) is 11.4. The number of benzene rings is 2. The van der Waals surface area contributed by atoms with Crippen molar-refractivity contribution in [3.8, 4) is 11.5 Å². The molecule has 0 aliphatic heterocycles. The molecule has 0 bridgehead atoms. The summed E-state index contributed by atoms with van der Waals surface area (Å²) in [7, 11) is 4.84. The number of nitrogens with one attached hydrogen (secondary N) is 2. The van der Waals surface area contributed by atoms with Crippen molar-refractivity contribution in [1.29, 1.82) is 0 Å². The van der Waals surface area contributed by atoms with Gasteiger partial charge >= 0.3 is 0 Å². The van der Waals surface area contributed by atoms with Gasteiger partial charge in [-0.25, -0.2) is 0 Å². The van der Waals surface area contributed by atoms with Gasteiger partial charge in [-0.2, -0.15) is 0 Å². The van der Waals surface area contributed by atoms with Crippen LogP contribution in [0.3, 0.4) is 0 Å². The molecule has 0 saturated heterocycles. The molecular weight excluding hydrogens is 522 g/mol. The Morgan fingerprint density at radius 3 is 2.50 bits per heavy atom. The maximum absolute atomic E-state index is 12.5. The Balaban J connectivity index is 1.56. The van der Waals surface area contributed by atoms with Gasteiger partial charge in [-0.3, -0.25) is 9.59 Å². The zero-order valence-electron chi connectivity index (χ0n) is 19.6. The summed E-state index contributed by atoms with van der Waals surface area (Å²) in [5.74, 6) is 1.34. The minimum atomic E-state index is -0.280. The number of ether oxygens (including phenoxy) is 2. The maximum Gasteiger partial charge on any atom is 0.251 e. The lowest BCUT2D eigenvalue weighted by Crippen LogP contribution is -2.24. The molecule has 0 unspecified atom stereocenters. The summed E-state index contributed by atoms with van der Waals surface area (Å²) in [6.45, 7) is 4.14. The molecule has 9 nitrogen and oxygen atoms in total. The molecule has 0 saturated carbocycles. The van der Waals surface area contributed by atoms with E-state index in [9.17, 15) is 9.59 Å². The largest absolute Gasteiger partial charge is 0.493 e. The van der Waals surface area contributed by atoms with Crippen LogP contribution < -0.4 is 20.1 Å². The molecular formula is C23H26BrN5O4S. The number of nitrogens with zero attached hydrogens (tertiary/aromatic N) is 3. The molecule has 0 spiro atoms. The van der Waals surface area contributed by atoms with Gasteiger partial charge in [-0.15, -0.1) is 10.2 Å². The maximum atomic E-state index is 12.5. The predicted molar refractivity (Wildman–Crippen MR) is 135 cm³/mol. The van der Waals surface area contributed by atoms with Crippen LogP contribution in [0.25, 0.3) is 0 Å². The van der Waals surface area contributed by atoms with E-state index in [2.05, 4.69) is 36.8 Å². The molecule has 2 aromatic carbocycles. The monoisotopic (exact) mass is 547 g/mol. The predicted octanol–water partition coefficient (Wildman–Crippen LogP) is 3.87. The highest BCUT2D eigenvalue weighted by atomic mass is 79.9. The van der Waals surface area contributed by atoms with Gasteiger partial charge in [0.2, 0.25) is 5.91 Å². The third-order valence-corrected chi connectivity index (χ3v) is 7.18. The van der Waals surface area contributed by atoms with Crippen LogP contribution in [0.4, 0.5) is 5.69 Å². The number of methoxy groups -OCH3 is 2.